The van der Waals surface area contributed by atoms with Gasteiger partial charge in [-0.1, -0.05) is 6.08 Å². The third-order valence-electron chi connectivity index (χ3n) is 3.43. The lowest BCUT2D eigenvalue weighted by molar-refractivity contribution is -0.137. The van der Waals surface area contributed by atoms with E-state index in [2.05, 4.69) is 0 Å². The molecule has 0 radical (unpaired) electrons. The van der Waals surface area contributed by atoms with Crippen LogP contribution in [0.1, 0.15) is 21.5 Å². The van der Waals surface area contributed by atoms with Crippen molar-refractivity contribution in [3.8, 4) is 5.75 Å². The zero-order valence-electron chi connectivity index (χ0n) is 13.7. The van der Waals surface area contributed by atoms with Crippen molar-refractivity contribution >= 4 is 21.9 Å². The van der Waals surface area contributed by atoms with Gasteiger partial charge in [0, 0.05) is 5.56 Å². The molecule has 0 atom stereocenters. The van der Waals surface area contributed by atoms with Crippen LogP contribution in [0.2, 0.25) is 0 Å². The molecule has 2 rings (SSSR count). The lowest BCUT2D eigenvalue weighted by atomic mass is 10.1. The number of primary sulfonamides is 1. The third kappa shape index (κ3) is 5.14. The maximum absolute atomic E-state index is 13.4. The van der Waals surface area contributed by atoms with Crippen LogP contribution in [0.15, 0.2) is 47.4 Å². The molecule has 10 heteroatoms. The fraction of sp³-hybridized carbons (Fsp3) is 0.118. The molecule has 144 valence electrons. The zero-order chi connectivity index (χ0) is 20.4. The number of rotatable bonds is 5. The maximum atomic E-state index is 13.4. The highest BCUT2D eigenvalue weighted by Crippen LogP contribution is 2.31. The van der Waals surface area contributed by atoms with Crippen LogP contribution in [-0.4, -0.2) is 21.3 Å². The molecule has 0 aliphatic heterocycles. The molecule has 0 saturated carbocycles. The quantitative estimate of drug-likeness (QED) is 0.471. The molecular weight excluding hydrogens is 390 g/mol. The molecule has 0 unspecified atom stereocenters. The van der Waals surface area contributed by atoms with Gasteiger partial charge in [-0.25, -0.2) is 17.9 Å². The fourth-order valence-corrected chi connectivity index (χ4v) is 2.92. The number of halogens is 4. The Balaban J connectivity index is 2.37. The van der Waals surface area contributed by atoms with Crippen LogP contribution in [0.5, 0.6) is 5.75 Å². The minimum atomic E-state index is -4.74. The van der Waals surface area contributed by atoms with Crippen LogP contribution in [0.4, 0.5) is 17.6 Å². The van der Waals surface area contributed by atoms with Crippen LogP contribution in [-0.2, 0) is 16.2 Å². The number of benzene rings is 2. The minimum absolute atomic E-state index is 0.0713. The molecule has 0 aromatic heterocycles. The first-order valence-corrected chi connectivity index (χ1v) is 8.77. The van der Waals surface area contributed by atoms with Crippen molar-refractivity contribution in [2.24, 2.45) is 5.14 Å². The Morgan fingerprint density at radius 3 is 2.37 bits per heavy atom. The van der Waals surface area contributed by atoms with Gasteiger partial charge < -0.3 is 4.74 Å². The highest BCUT2D eigenvalue weighted by atomic mass is 32.2. The Morgan fingerprint density at radius 2 is 1.81 bits per heavy atom. The molecule has 0 heterocycles. The summed E-state index contributed by atoms with van der Waals surface area (Å²) in [7, 11) is -2.96. The zero-order valence-corrected chi connectivity index (χ0v) is 14.6. The van der Waals surface area contributed by atoms with E-state index < -0.39 is 38.3 Å². The van der Waals surface area contributed by atoms with E-state index >= 15 is 0 Å². The molecule has 0 aliphatic carbocycles. The fourth-order valence-electron chi connectivity index (χ4n) is 2.19. The van der Waals surface area contributed by atoms with Crippen LogP contribution in [0.3, 0.4) is 0 Å². The van der Waals surface area contributed by atoms with Crippen LogP contribution in [0, 0.1) is 5.82 Å². The molecule has 0 aliphatic rings. The summed E-state index contributed by atoms with van der Waals surface area (Å²) in [6.45, 7) is 0. The second kappa shape index (κ2) is 7.49. The number of methoxy groups -OCH3 is 1. The number of ketones is 1. The SMILES string of the molecule is COc1ccc(C(=O)/C=C/c2cc(F)cc(C(F)(F)F)c2)cc1S(N)(=O)=O. The molecule has 2 N–H and O–H groups in total. The summed E-state index contributed by atoms with van der Waals surface area (Å²) in [6, 6.07) is 5.28. The normalized spacial score (nSPS) is 12.4. The standard InChI is InChI=1S/C17H13F4NO4S/c1-26-15-5-3-11(8-16(15)27(22,24)25)14(23)4-2-10-6-12(17(19,20)21)9-13(18)7-10/h2-9H,1H3,(H2,22,24,25)/b4-2+. The van der Waals surface area contributed by atoms with Gasteiger partial charge in [0.1, 0.15) is 16.5 Å². The first kappa shape index (κ1) is 20.6. The van der Waals surface area contributed by atoms with Crippen LogP contribution < -0.4 is 9.88 Å². The van der Waals surface area contributed by atoms with E-state index in [0.717, 1.165) is 24.3 Å². The van der Waals surface area contributed by atoms with Crippen LogP contribution in [0.25, 0.3) is 6.08 Å². The number of sulfonamides is 1. The largest absolute Gasteiger partial charge is 0.495 e. The van der Waals surface area contributed by atoms with E-state index in [1.165, 1.54) is 19.2 Å². The smallest absolute Gasteiger partial charge is 0.416 e. The predicted molar refractivity (Wildman–Crippen MR) is 89.1 cm³/mol. The number of carbonyl (C=O) groups excluding carboxylic acids is 1. The van der Waals surface area contributed by atoms with E-state index in [4.69, 9.17) is 9.88 Å². The Hall–Kier alpha value is -2.72. The van der Waals surface area contributed by atoms with Crippen molar-refractivity contribution < 1.29 is 35.5 Å². The third-order valence-corrected chi connectivity index (χ3v) is 4.36. The number of hydrogen-bond donors (Lipinski definition) is 1. The van der Waals surface area contributed by atoms with Crippen molar-refractivity contribution in [3.63, 3.8) is 0 Å². The molecule has 2 aromatic carbocycles. The van der Waals surface area contributed by atoms with Gasteiger partial charge in [0.25, 0.3) is 0 Å². The van der Waals surface area contributed by atoms with Gasteiger partial charge in [-0.3, -0.25) is 4.79 Å². The van der Waals surface area contributed by atoms with Crippen molar-refractivity contribution in [1.82, 2.24) is 0 Å². The van der Waals surface area contributed by atoms with Gasteiger partial charge in [0.15, 0.2) is 5.78 Å². The average molecular weight is 403 g/mol. The molecule has 5 nitrogen and oxygen atoms in total. The van der Waals surface area contributed by atoms with Crippen molar-refractivity contribution in [3.05, 3.63) is 65.0 Å². The summed E-state index contributed by atoms with van der Waals surface area (Å²) >= 11 is 0. The molecular formula is C17H13F4NO4S. The molecule has 0 fully saturated rings. The van der Waals surface area contributed by atoms with Gasteiger partial charge in [0.05, 0.1) is 12.7 Å². The molecule has 27 heavy (non-hydrogen) atoms. The van der Waals surface area contributed by atoms with Gasteiger partial charge >= 0.3 is 6.18 Å². The lowest BCUT2D eigenvalue weighted by Gasteiger charge is -2.08. The second-order valence-electron chi connectivity index (χ2n) is 5.38. The highest BCUT2D eigenvalue weighted by Gasteiger charge is 2.31. The summed E-state index contributed by atoms with van der Waals surface area (Å²) in [4.78, 5) is 11.8. The number of alkyl halides is 3. The molecule has 0 spiro atoms. The van der Waals surface area contributed by atoms with Crippen molar-refractivity contribution in [2.45, 2.75) is 11.1 Å². The van der Waals surface area contributed by atoms with Gasteiger partial charge in [-0.2, -0.15) is 13.2 Å². The monoisotopic (exact) mass is 403 g/mol. The van der Waals surface area contributed by atoms with E-state index in [-0.39, 0.29) is 16.9 Å². The molecule has 0 amide bonds. The first-order chi connectivity index (χ1) is 12.4. The number of carbonyl (C=O) groups is 1. The average Bonchev–Trinajstić information content (AvgIpc) is 2.57. The summed E-state index contributed by atoms with van der Waals surface area (Å²) in [5, 5.41) is 5.06. The van der Waals surface area contributed by atoms with E-state index in [0.29, 0.717) is 12.1 Å². The summed E-state index contributed by atoms with van der Waals surface area (Å²) < 4.78 is 79.4. The molecule has 0 saturated heterocycles. The van der Waals surface area contributed by atoms with E-state index in [1.54, 1.807) is 0 Å². The van der Waals surface area contributed by atoms with Gasteiger partial charge in [-0.05, 0) is 48.0 Å². The summed E-state index contributed by atoms with van der Waals surface area (Å²) in [5.41, 5.74) is -1.48. The predicted octanol–water partition coefficient (Wildman–Crippen LogP) is 3.40. The van der Waals surface area contributed by atoms with Gasteiger partial charge in [0.2, 0.25) is 10.0 Å². The highest BCUT2D eigenvalue weighted by molar-refractivity contribution is 7.89. The molecule has 0 bridgehead atoms. The Morgan fingerprint density at radius 1 is 1.15 bits per heavy atom. The number of allylic oxidation sites excluding steroid dienone is 1. The van der Waals surface area contributed by atoms with Crippen molar-refractivity contribution in [2.75, 3.05) is 7.11 Å². The Labute approximate surface area is 152 Å². The maximum Gasteiger partial charge on any atom is 0.416 e. The summed E-state index contributed by atoms with van der Waals surface area (Å²) in [6.07, 6.45) is -2.86. The Bertz CT molecular complexity index is 1010. The lowest BCUT2D eigenvalue weighted by Crippen LogP contribution is -2.14. The summed E-state index contributed by atoms with van der Waals surface area (Å²) in [5.74, 6) is -1.91. The first-order valence-electron chi connectivity index (χ1n) is 7.23. The van der Waals surface area contributed by atoms with Crippen molar-refractivity contribution in [1.29, 1.82) is 0 Å². The minimum Gasteiger partial charge on any atom is -0.495 e. The second-order valence-corrected chi connectivity index (χ2v) is 6.91. The van der Waals surface area contributed by atoms with E-state index in [1.807, 2.05) is 0 Å². The van der Waals surface area contributed by atoms with Crippen LogP contribution >= 0.6 is 0 Å². The van der Waals surface area contributed by atoms with Gasteiger partial charge in [-0.15, -0.1) is 0 Å². The Kier molecular flexibility index (Phi) is 5.71. The number of nitrogens with two attached hydrogens (primary N) is 1. The number of hydrogen-bond acceptors (Lipinski definition) is 4. The topological polar surface area (TPSA) is 86.5 Å². The molecule has 2 aromatic rings. The van der Waals surface area contributed by atoms with E-state index in [9.17, 15) is 30.8 Å². The number of ether oxygens (including phenoxy) is 1.